The number of esters is 1. The van der Waals surface area contributed by atoms with Gasteiger partial charge in [0.25, 0.3) is 11.6 Å². The van der Waals surface area contributed by atoms with Crippen molar-refractivity contribution in [2.45, 2.75) is 65.5 Å². The summed E-state index contributed by atoms with van der Waals surface area (Å²) in [5.41, 5.74) is 0.628. The van der Waals surface area contributed by atoms with Crippen LogP contribution in [-0.4, -0.2) is 57.1 Å². The highest BCUT2D eigenvalue weighted by molar-refractivity contribution is 6.48. The van der Waals surface area contributed by atoms with Gasteiger partial charge in [0, 0.05) is 12.3 Å². The maximum absolute atomic E-state index is 14.1. The van der Waals surface area contributed by atoms with Crippen LogP contribution in [0, 0.1) is 15.5 Å². The van der Waals surface area contributed by atoms with Crippen molar-refractivity contribution >= 4 is 26.6 Å². The summed E-state index contributed by atoms with van der Waals surface area (Å²) < 4.78 is 22.6. The van der Waals surface area contributed by atoms with Crippen molar-refractivity contribution in [3.8, 4) is 11.5 Å². The number of amides is 1. The molecule has 1 radical (unpaired) electrons. The molecule has 11 heteroatoms. The Morgan fingerprint density at radius 1 is 1.12 bits per heavy atom. The van der Waals surface area contributed by atoms with E-state index in [2.05, 4.69) is 0 Å². The second-order valence-electron chi connectivity index (χ2n) is 10.9. The molecule has 0 spiro atoms. The first-order chi connectivity index (χ1) is 18.8. The van der Waals surface area contributed by atoms with Crippen molar-refractivity contribution in [3.63, 3.8) is 0 Å². The van der Waals surface area contributed by atoms with Gasteiger partial charge in [0.15, 0.2) is 11.5 Å². The number of rotatable bonds is 11. The number of nitrogens with zero attached hydrogens (tertiary/aromatic N) is 2. The predicted octanol–water partition coefficient (Wildman–Crippen LogP) is 5.53. The van der Waals surface area contributed by atoms with Crippen LogP contribution in [0.4, 0.5) is 5.69 Å². The highest BCUT2D eigenvalue weighted by Crippen LogP contribution is 2.40. The van der Waals surface area contributed by atoms with Crippen LogP contribution in [0.3, 0.4) is 0 Å². The molecular weight excluding hydrogens is 532 g/mol. The quantitative estimate of drug-likeness (QED) is 0.150. The molecule has 1 aliphatic rings. The largest absolute Gasteiger partial charge is 0.493 e. The summed E-state index contributed by atoms with van der Waals surface area (Å²) in [5.74, 6) is -0.690. The van der Waals surface area contributed by atoms with Crippen LogP contribution >= 0.6 is 0 Å². The summed E-state index contributed by atoms with van der Waals surface area (Å²) in [7, 11) is 1.54. The SMILES string of the molecule is COC(=O)CC1=CN(C(=O)c2cc(OC)c(OCc3ccccc3)cc2[N+](=O)[O-])[C@H](C(O[Si](C)C)C(C)(C)C)C1. The molecule has 215 valence electrons. The minimum Gasteiger partial charge on any atom is -0.493 e. The van der Waals surface area contributed by atoms with Crippen LogP contribution in [0.15, 0.2) is 54.2 Å². The van der Waals surface area contributed by atoms with Gasteiger partial charge in [0.2, 0.25) is 9.04 Å². The summed E-state index contributed by atoms with van der Waals surface area (Å²) in [5, 5.41) is 12.2. The third kappa shape index (κ3) is 7.48. The van der Waals surface area contributed by atoms with E-state index in [9.17, 15) is 19.7 Å². The number of methoxy groups -OCH3 is 2. The van der Waals surface area contributed by atoms with Crippen molar-refractivity contribution in [2.24, 2.45) is 5.41 Å². The average Bonchev–Trinajstić information content (AvgIpc) is 3.32. The molecule has 0 fully saturated rings. The van der Waals surface area contributed by atoms with E-state index in [4.69, 9.17) is 18.6 Å². The van der Waals surface area contributed by atoms with Crippen LogP contribution in [0.25, 0.3) is 0 Å². The van der Waals surface area contributed by atoms with E-state index >= 15 is 0 Å². The number of nitro benzene ring substituents is 1. The first-order valence-corrected chi connectivity index (χ1v) is 15.4. The molecule has 0 bridgehead atoms. The average molecular weight is 570 g/mol. The molecule has 10 nitrogen and oxygen atoms in total. The summed E-state index contributed by atoms with van der Waals surface area (Å²) in [6.45, 7) is 10.3. The third-order valence-corrected chi connectivity index (χ3v) is 7.22. The van der Waals surface area contributed by atoms with Crippen LogP contribution in [-0.2, 0) is 20.6 Å². The van der Waals surface area contributed by atoms with Crippen molar-refractivity contribution < 1.29 is 33.1 Å². The van der Waals surface area contributed by atoms with E-state index in [-0.39, 0.29) is 41.6 Å². The van der Waals surface area contributed by atoms with E-state index < -0.39 is 37.6 Å². The van der Waals surface area contributed by atoms with Gasteiger partial charge in [-0.15, -0.1) is 0 Å². The van der Waals surface area contributed by atoms with Gasteiger partial charge in [-0.05, 0) is 36.1 Å². The van der Waals surface area contributed by atoms with Gasteiger partial charge >= 0.3 is 5.97 Å². The van der Waals surface area contributed by atoms with Crippen LogP contribution in [0.2, 0.25) is 13.1 Å². The minimum absolute atomic E-state index is 0.00137. The monoisotopic (exact) mass is 569 g/mol. The van der Waals surface area contributed by atoms with Gasteiger partial charge in [-0.3, -0.25) is 19.7 Å². The van der Waals surface area contributed by atoms with Crippen molar-refractivity contribution in [1.29, 1.82) is 0 Å². The van der Waals surface area contributed by atoms with Gasteiger partial charge in [-0.2, -0.15) is 0 Å². The fraction of sp³-hybridized carbons (Fsp3) is 0.448. The molecule has 2 aromatic rings. The Morgan fingerprint density at radius 2 is 1.80 bits per heavy atom. The third-order valence-electron chi connectivity index (χ3n) is 6.50. The smallest absolute Gasteiger partial charge is 0.309 e. The molecule has 0 aliphatic carbocycles. The first-order valence-electron chi connectivity index (χ1n) is 12.9. The molecule has 0 saturated carbocycles. The second kappa shape index (κ2) is 13.1. The highest BCUT2D eigenvalue weighted by Gasteiger charge is 2.43. The molecule has 2 aromatic carbocycles. The first kappa shape index (κ1) is 30.8. The number of hydrogen-bond acceptors (Lipinski definition) is 8. The second-order valence-corrected chi connectivity index (χ2v) is 12.9. The maximum atomic E-state index is 14.1. The van der Waals surface area contributed by atoms with E-state index in [0.717, 1.165) is 5.56 Å². The zero-order valence-corrected chi connectivity index (χ0v) is 25.1. The number of benzene rings is 2. The molecule has 1 unspecified atom stereocenters. The fourth-order valence-corrected chi connectivity index (χ4v) is 5.67. The number of ether oxygens (including phenoxy) is 3. The Labute approximate surface area is 236 Å². The zero-order chi connectivity index (χ0) is 29.6. The van der Waals surface area contributed by atoms with Crippen molar-refractivity contribution in [2.75, 3.05) is 14.2 Å². The molecule has 1 amide bonds. The molecule has 0 aromatic heterocycles. The van der Waals surface area contributed by atoms with Gasteiger partial charge in [0.1, 0.15) is 12.2 Å². The Kier molecular flexibility index (Phi) is 10.1. The lowest BCUT2D eigenvalue weighted by atomic mass is 9.83. The van der Waals surface area contributed by atoms with Gasteiger partial charge < -0.3 is 23.5 Å². The maximum Gasteiger partial charge on any atom is 0.309 e. The summed E-state index contributed by atoms with van der Waals surface area (Å²) in [6, 6.07) is 11.4. The molecule has 40 heavy (non-hydrogen) atoms. The lowest BCUT2D eigenvalue weighted by Gasteiger charge is -2.40. The van der Waals surface area contributed by atoms with Gasteiger partial charge in [-0.25, -0.2) is 0 Å². The van der Waals surface area contributed by atoms with Crippen LogP contribution < -0.4 is 9.47 Å². The molecule has 0 saturated heterocycles. The van der Waals surface area contributed by atoms with Gasteiger partial charge in [-0.1, -0.05) is 51.1 Å². The molecule has 3 rings (SSSR count). The molecular formula is C29H37N2O8Si. The molecule has 1 heterocycles. The number of nitro groups is 1. The van der Waals surface area contributed by atoms with E-state index in [1.54, 1.807) is 6.20 Å². The number of carbonyl (C=O) groups is 2. The van der Waals surface area contributed by atoms with Crippen molar-refractivity contribution in [3.05, 3.63) is 75.5 Å². The minimum atomic E-state index is -1.17. The normalized spacial score (nSPS) is 15.9. The number of carbonyl (C=O) groups excluding carboxylic acids is 2. The van der Waals surface area contributed by atoms with Crippen LogP contribution in [0.1, 0.15) is 49.5 Å². The standard InChI is InChI=1S/C29H37N2O8Si/c1-29(2,3)27(39-40(6)7)23-13-20(14-26(32)37-5)17-30(23)28(33)21-15-24(36-4)25(16-22(21)31(34)35)38-18-19-11-9-8-10-12-19/h8-12,15-17,23,27H,13-14,18H2,1-7H3/t23-,27?/m0/s1. The van der Waals surface area contributed by atoms with E-state index in [1.165, 1.54) is 31.3 Å². The van der Waals surface area contributed by atoms with E-state index in [1.807, 2.05) is 64.2 Å². The Balaban J connectivity index is 2.05. The Morgan fingerprint density at radius 3 is 2.35 bits per heavy atom. The molecule has 1 aliphatic heterocycles. The zero-order valence-electron chi connectivity index (χ0n) is 24.1. The lowest BCUT2D eigenvalue weighted by Crippen LogP contribution is -2.50. The van der Waals surface area contributed by atoms with Crippen molar-refractivity contribution in [1.82, 2.24) is 4.90 Å². The van der Waals surface area contributed by atoms with Crippen LogP contribution in [0.5, 0.6) is 11.5 Å². The summed E-state index contributed by atoms with van der Waals surface area (Å²) >= 11 is 0. The molecule has 0 N–H and O–H groups in total. The topological polar surface area (TPSA) is 117 Å². The Bertz CT molecular complexity index is 1260. The molecule has 2 atom stereocenters. The predicted molar refractivity (Wildman–Crippen MR) is 152 cm³/mol. The fourth-order valence-electron chi connectivity index (χ4n) is 4.65. The Hall–Kier alpha value is -3.70. The lowest BCUT2D eigenvalue weighted by molar-refractivity contribution is -0.385. The highest BCUT2D eigenvalue weighted by atomic mass is 28.3. The summed E-state index contributed by atoms with van der Waals surface area (Å²) in [6.07, 6.45) is 1.59. The number of hydrogen-bond donors (Lipinski definition) is 0. The van der Waals surface area contributed by atoms with Gasteiger partial charge in [0.05, 0.1) is 43.8 Å². The summed E-state index contributed by atoms with van der Waals surface area (Å²) in [4.78, 5) is 39.2. The van der Waals surface area contributed by atoms with E-state index in [0.29, 0.717) is 12.0 Å².